The number of nitrogens with one attached hydrogen (secondary N) is 1. The summed E-state index contributed by atoms with van der Waals surface area (Å²) < 4.78 is 18.4. The Balaban J connectivity index is 1.40. The molecule has 1 saturated heterocycles. The molecule has 1 aromatic carbocycles. The maximum absolute atomic E-state index is 15.1. The van der Waals surface area contributed by atoms with Crippen molar-refractivity contribution in [1.29, 1.82) is 0 Å². The SMILES string of the molecule is CCc1cc(C(=O)N2CCCCCC2C)nc2cc(-c3ccc(NC(=O)Cn4ccnc4)cc3F)nn12. The molecule has 1 unspecified atom stereocenters. The van der Waals surface area contributed by atoms with Crippen LogP contribution in [0.4, 0.5) is 10.1 Å². The number of fused-ring (bicyclic) bond motifs is 1. The van der Waals surface area contributed by atoms with Crippen molar-refractivity contribution in [2.75, 3.05) is 11.9 Å². The second-order valence-electron chi connectivity index (χ2n) is 9.46. The van der Waals surface area contributed by atoms with E-state index in [-0.39, 0.29) is 30.0 Å². The van der Waals surface area contributed by atoms with Gasteiger partial charge in [0.2, 0.25) is 5.91 Å². The number of imidazole rings is 1. The van der Waals surface area contributed by atoms with Gasteiger partial charge >= 0.3 is 0 Å². The fraction of sp³-hybridized carbons (Fsp3) is 0.370. The number of halogens is 1. The highest BCUT2D eigenvalue weighted by Crippen LogP contribution is 2.26. The van der Waals surface area contributed by atoms with E-state index < -0.39 is 5.82 Å². The normalized spacial score (nSPS) is 16.1. The minimum absolute atomic E-state index is 0.0729. The van der Waals surface area contributed by atoms with Gasteiger partial charge in [0.1, 0.15) is 18.1 Å². The van der Waals surface area contributed by atoms with E-state index in [4.69, 9.17) is 0 Å². The molecule has 1 aliphatic rings. The van der Waals surface area contributed by atoms with Gasteiger partial charge in [-0.05, 0) is 50.5 Å². The molecule has 5 rings (SSSR count). The summed E-state index contributed by atoms with van der Waals surface area (Å²) in [5, 5.41) is 7.29. The molecule has 37 heavy (non-hydrogen) atoms. The molecule has 10 heteroatoms. The maximum Gasteiger partial charge on any atom is 0.272 e. The number of amides is 2. The highest BCUT2D eigenvalue weighted by molar-refractivity contribution is 5.93. The van der Waals surface area contributed by atoms with E-state index in [2.05, 4.69) is 27.3 Å². The Hall–Kier alpha value is -4.08. The second-order valence-corrected chi connectivity index (χ2v) is 9.46. The monoisotopic (exact) mass is 503 g/mol. The van der Waals surface area contributed by atoms with E-state index in [0.717, 1.165) is 37.9 Å². The summed E-state index contributed by atoms with van der Waals surface area (Å²) in [5.41, 5.74) is 2.75. The van der Waals surface area contributed by atoms with E-state index in [1.165, 1.54) is 6.07 Å². The van der Waals surface area contributed by atoms with Crippen LogP contribution in [-0.2, 0) is 17.8 Å². The number of hydrogen-bond donors (Lipinski definition) is 1. The number of aromatic nitrogens is 5. The first-order valence-corrected chi connectivity index (χ1v) is 12.7. The lowest BCUT2D eigenvalue weighted by molar-refractivity contribution is -0.116. The minimum Gasteiger partial charge on any atom is -0.335 e. The standard InChI is InChI=1S/C27H30FN7O2/c1-3-20-14-24(27(37)34-11-6-4-5-7-18(34)2)31-25-15-23(32-35(20)25)21-9-8-19(13-22(21)28)30-26(36)16-33-12-10-29-17-33/h8-10,12-15,17-18H,3-7,11,16H2,1-2H3,(H,30,36). The van der Waals surface area contributed by atoms with Crippen molar-refractivity contribution in [2.45, 2.75) is 58.5 Å². The zero-order chi connectivity index (χ0) is 25.9. The van der Waals surface area contributed by atoms with Crippen molar-refractivity contribution in [3.05, 3.63) is 66.3 Å². The van der Waals surface area contributed by atoms with Crippen LogP contribution < -0.4 is 5.32 Å². The first-order chi connectivity index (χ1) is 17.9. The van der Waals surface area contributed by atoms with Crippen molar-refractivity contribution in [3.8, 4) is 11.3 Å². The van der Waals surface area contributed by atoms with Gasteiger partial charge in [-0.1, -0.05) is 19.8 Å². The first-order valence-electron chi connectivity index (χ1n) is 12.7. The van der Waals surface area contributed by atoms with E-state index >= 15 is 4.39 Å². The third-order valence-corrected chi connectivity index (χ3v) is 6.81. The summed E-state index contributed by atoms with van der Waals surface area (Å²) >= 11 is 0. The lowest BCUT2D eigenvalue weighted by Gasteiger charge is -2.27. The fourth-order valence-electron chi connectivity index (χ4n) is 4.80. The van der Waals surface area contributed by atoms with Crippen LogP contribution in [0.15, 0.2) is 49.1 Å². The molecule has 0 radical (unpaired) electrons. The summed E-state index contributed by atoms with van der Waals surface area (Å²) in [4.78, 5) is 36.0. The second kappa shape index (κ2) is 10.5. The number of benzene rings is 1. The molecule has 1 N–H and O–H groups in total. The molecule has 192 valence electrons. The van der Waals surface area contributed by atoms with Crippen LogP contribution in [0.1, 0.15) is 55.7 Å². The Bertz CT molecular complexity index is 1430. The van der Waals surface area contributed by atoms with Crippen molar-refractivity contribution >= 4 is 23.1 Å². The van der Waals surface area contributed by atoms with E-state index in [9.17, 15) is 9.59 Å². The molecule has 0 aliphatic carbocycles. The van der Waals surface area contributed by atoms with Crippen molar-refractivity contribution in [1.82, 2.24) is 29.0 Å². The summed E-state index contributed by atoms with van der Waals surface area (Å²) in [6.45, 7) is 4.89. The van der Waals surface area contributed by atoms with Crippen LogP contribution in [0, 0.1) is 5.82 Å². The molecule has 3 aromatic heterocycles. The van der Waals surface area contributed by atoms with Crippen LogP contribution in [0.3, 0.4) is 0 Å². The van der Waals surface area contributed by atoms with E-state index in [0.29, 0.717) is 29.1 Å². The Kier molecular flexibility index (Phi) is 6.98. The number of rotatable bonds is 6. The fourth-order valence-corrected chi connectivity index (χ4v) is 4.80. The molecular formula is C27H30FN7O2. The predicted octanol–water partition coefficient (Wildman–Crippen LogP) is 4.34. The largest absolute Gasteiger partial charge is 0.335 e. The molecule has 4 aromatic rings. The van der Waals surface area contributed by atoms with Gasteiger partial charge in [-0.25, -0.2) is 18.9 Å². The average Bonchev–Trinajstić information content (AvgIpc) is 3.49. The maximum atomic E-state index is 15.1. The molecule has 1 atom stereocenters. The molecule has 1 aliphatic heterocycles. The van der Waals surface area contributed by atoms with Crippen LogP contribution in [-0.4, -0.2) is 53.5 Å². The third-order valence-electron chi connectivity index (χ3n) is 6.81. The van der Waals surface area contributed by atoms with E-state index in [1.807, 2.05) is 11.8 Å². The van der Waals surface area contributed by atoms with Gasteiger partial charge in [-0.15, -0.1) is 0 Å². The Labute approximate surface area is 214 Å². The van der Waals surface area contributed by atoms with Gasteiger partial charge in [0.15, 0.2) is 5.65 Å². The molecule has 1 fully saturated rings. The Morgan fingerprint density at radius 1 is 1.16 bits per heavy atom. The number of hydrogen-bond acceptors (Lipinski definition) is 5. The molecule has 2 amide bonds. The van der Waals surface area contributed by atoms with Crippen LogP contribution >= 0.6 is 0 Å². The van der Waals surface area contributed by atoms with Gasteiger partial charge in [-0.2, -0.15) is 5.10 Å². The van der Waals surface area contributed by atoms with Crippen LogP contribution in [0.5, 0.6) is 0 Å². The Morgan fingerprint density at radius 2 is 2.03 bits per heavy atom. The molecule has 0 spiro atoms. The minimum atomic E-state index is -0.517. The van der Waals surface area contributed by atoms with Crippen molar-refractivity contribution in [2.24, 2.45) is 0 Å². The molecular weight excluding hydrogens is 473 g/mol. The van der Waals surface area contributed by atoms with Gasteiger partial charge in [-0.3, -0.25) is 9.59 Å². The summed E-state index contributed by atoms with van der Waals surface area (Å²) in [6, 6.07) is 8.15. The smallest absolute Gasteiger partial charge is 0.272 e. The van der Waals surface area contributed by atoms with Crippen LogP contribution in [0.25, 0.3) is 16.9 Å². The summed E-state index contributed by atoms with van der Waals surface area (Å²) in [7, 11) is 0. The van der Waals surface area contributed by atoms with Crippen molar-refractivity contribution < 1.29 is 14.0 Å². The van der Waals surface area contributed by atoms with Gasteiger partial charge < -0.3 is 14.8 Å². The lowest BCUT2D eigenvalue weighted by Crippen LogP contribution is -2.38. The molecule has 4 heterocycles. The molecule has 0 bridgehead atoms. The topological polar surface area (TPSA) is 97.4 Å². The number of nitrogens with zero attached hydrogens (tertiary/aromatic N) is 6. The molecule has 9 nitrogen and oxygen atoms in total. The highest BCUT2D eigenvalue weighted by Gasteiger charge is 2.25. The first kappa shape index (κ1) is 24.6. The number of carbonyl (C=O) groups excluding carboxylic acids is 2. The average molecular weight is 504 g/mol. The van der Waals surface area contributed by atoms with Crippen molar-refractivity contribution in [3.63, 3.8) is 0 Å². The number of carbonyl (C=O) groups is 2. The zero-order valence-corrected chi connectivity index (χ0v) is 21.0. The van der Waals surface area contributed by atoms with Gasteiger partial charge in [0, 0.05) is 48.0 Å². The van der Waals surface area contributed by atoms with Gasteiger partial charge in [0.05, 0.1) is 12.0 Å². The quantitative estimate of drug-likeness (QED) is 0.422. The number of likely N-dealkylation sites (tertiary alicyclic amines) is 1. The zero-order valence-electron chi connectivity index (χ0n) is 21.0. The van der Waals surface area contributed by atoms with E-state index in [1.54, 1.807) is 52.1 Å². The number of aryl methyl sites for hydroxylation is 1. The summed E-state index contributed by atoms with van der Waals surface area (Å²) in [6.07, 6.45) is 9.69. The Morgan fingerprint density at radius 3 is 2.78 bits per heavy atom. The molecule has 0 saturated carbocycles. The summed E-state index contributed by atoms with van der Waals surface area (Å²) in [5.74, 6) is -0.876. The number of anilines is 1. The predicted molar refractivity (Wildman–Crippen MR) is 138 cm³/mol. The van der Waals surface area contributed by atoms with Crippen LogP contribution in [0.2, 0.25) is 0 Å². The highest BCUT2D eigenvalue weighted by atomic mass is 19.1. The third kappa shape index (κ3) is 5.23. The van der Waals surface area contributed by atoms with Gasteiger partial charge in [0.25, 0.3) is 5.91 Å². The lowest BCUT2D eigenvalue weighted by atomic mass is 10.1.